The third-order valence-electron chi connectivity index (χ3n) is 5.65. The maximum Gasteiger partial charge on any atom is 0.251 e. The van der Waals surface area contributed by atoms with Gasteiger partial charge in [-0.25, -0.2) is 0 Å². The van der Waals surface area contributed by atoms with Crippen LogP contribution in [0.2, 0.25) is 0 Å². The highest BCUT2D eigenvalue weighted by atomic mass is 16.2. The number of aromatic nitrogens is 1. The number of hydrogen-bond acceptors (Lipinski definition) is 5. The second-order valence-corrected chi connectivity index (χ2v) is 7.38. The average molecular weight is 392 g/mol. The summed E-state index contributed by atoms with van der Waals surface area (Å²) in [6.07, 6.45) is 3.05. The molecule has 3 N–H and O–H groups in total. The SMILES string of the molecule is C[C@]12C(=O)c3ccccc3NC(=O)[C@H]1[C@H]2C(=O)NCCNC(=O)c1ccncc1. The minimum Gasteiger partial charge on any atom is -0.354 e. The number of anilines is 1. The highest BCUT2D eigenvalue weighted by Crippen LogP contribution is 2.62. The van der Waals surface area contributed by atoms with Crippen LogP contribution in [0.5, 0.6) is 0 Å². The highest BCUT2D eigenvalue weighted by molar-refractivity contribution is 6.19. The molecule has 0 saturated heterocycles. The van der Waals surface area contributed by atoms with Gasteiger partial charge in [-0.1, -0.05) is 19.1 Å². The molecular weight excluding hydrogens is 372 g/mol. The Balaban J connectivity index is 1.36. The topological polar surface area (TPSA) is 117 Å². The first-order valence-electron chi connectivity index (χ1n) is 9.35. The predicted molar refractivity (Wildman–Crippen MR) is 104 cm³/mol. The Kier molecular flexibility index (Phi) is 4.62. The number of carbonyl (C=O) groups is 4. The summed E-state index contributed by atoms with van der Waals surface area (Å²) in [6.45, 7) is 2.09. The predicted octanol–water partition coefficient (Wildman–Crippen LogP) is 1.01. The van der Waals surface area contributed by atoms with Crippen molar-refractivity contribution in [3.8, 4) is 0 Å². The number of nitrogens with one attached hydrogen (secondary N) is 3. The molecule has 8 nitrogen and oxygen atoms in total. The van der Waals surface area contributed by atoms with Gasteiger partial charge in [-0.15, -0.1) is 0 Å². The van der Waals surface area contributed by atoms with Crippen LogP contribution >= 0.6 is 0 Å². The van der Waals surface area contributed by atoms with Gasteiger partial charge in [0, 0.05) is 36.6 Å². The molecule has 0 spiro atoms. The lowest BCUT2D eigenvalue weighted by Crippen LogP contribution is -2.37. The molecule has 1 aliphatic carbocycles. The fourth-order valence-corrected chi connectivity index (χ4v) is 4.01. The third kappa shape index (κ3) is 3.16. The molecule has 0 unspecified atom stereocenters. The van der Waals surface area contributed by atoms with E-state index in [1.807, 2.05) is 0 Å². The molecule has 2 heterocycles. The van der Waals surface area contributed by atoms with Crippen molar-refractivity contribution in [1.29, 1.82) is 0 Å². The Labute approximate surface area is 167 Å². The van der Waals surface area contributed by atoms with Crippen LogP contribution in [0.4, 0.5) is 5.69 Å². The number of pyridine rings is 1. The largest absolute Gasteiger partial charge is 0.354 e. The lowest BCUT2D eigenvalue weighted by Gasteiger charge is -2.13. The number of fused-ring (bicyclic) bond motifs is 2. The number of carbonyl (C=O) groups excluding carboxylic acids is 4. The van der Waals surface area contributed by atoms with Gasteiger partial charge in [0.05, 0.1) is 22.9 Å². The molecule has 3 atom stereocenters. The normalized spacial score (nSPS) is 24.4. The second-order valence-electron chi connectivity index (χ2n) is 7.38. The van der Waals surface area contributed by atoms with Gasteiger partial charge in [-0.05, 0) is 24.3 Å². The van der Waals surface area contributed by atoms with Crippen LogP contribution < -0.4 is 16.0 Å². The lowest BCUT2D eigenvalue weighted by molar-refractivity contribution is -0.125. The number of amides is 3. The van der Waals surface area contributed by atoms with E-state index >= 15 is 0 Å². The fraction of sp³-hybridized carbons (Fsp3) is 0.286. The van der Waals surface area contributed by atoms with E-state index in [0.29, 0.717) is 16.8 Å². The van der Waals surface area contributed by atoms with Crippen molar-refractivity contribution in [3.63, 3.8) is 0 Å². The van der Waals surface area contributed by atoms with Crippen LogP contribution in [-0.4, -0.2) is 41.6 Å². The van der Waals surface area contributed by atoms with Crippen LogP contribution in [0.15, 0.2) is 48.8 Å². The summed E-state index contributed by atoms with van der Waals surface area (Å²) in [5.41, 5.74) is 0.324. The van der Waals surface area contributed by atoms with Crippen molar-refractivity contribution < 1.29 is 19.2 Å². The van der Waals surface area contributed by atoms with Crippen molar-refractivity contribution in [1.82, 2.24) is 15.6 Å². The van der Waals surface area contributed by atoms with Gasteiger partial charge in [0.1, 0.15) is 0 Å². The summed E-state index contributed by atoms with van der Waals surface area (Å²) in [5.74, 6) is -2.58. The van der Waals surface area contributed by atoms with Gasteiger partial charge in [-0.2, -0.15) is 0 Å². The molecule has 1 saturated carbocycles. The summed E-state index contributed by atoms with van der Waals surface area (Å²) < 4.78 is 0. The maximum absolute atomic E-state index is 13.0. The zero-order valence-corrected chi connectivity index (χ0v) is 15.8. The Morgan fingerprint density at radius 3 is 2.52 bits per heavy atom. The van der Waals surface area contributed by atoms with Crippen LogP contribution in [0, 0.1) is 17.3 Å². The summed E-state index contributed by atoms with van der Waals surface area (Å²) >= 11 is 0. The molecule has 0 bridgehead atoms. The molecule has 1 aliphatic heterocycles. The van der Waals surface area contributed by atoms with E-state index in [1.165, 1.54) is 12.4 Å². The van der Waals surface area contributed by atoms with Crippen LogP contribution in [0.3, 0.4) is 0 Å². The van der Waals surface area contributed by atoms with E-state index in [0.717, 1.165) is 0 Å². The lowest BCUT2D eigenvalue weighted by atomic mass is 9.92. The molecule has 2 aliphatic rings. The minimum absolute atomic E-state index is 0.196. The number of hydrogen-bond donors (Lipinski definition) is 3. The van der Waals surface area contributed by atoms with E-state index in [2.05, 4.69) is 20.9 Å². The zero-order chi connectivity index (χ0) is 20.6. The van der Waals surface area contributed by atoms with Crippen molar-refractivity contribution in [2.75, 3.05) is 18.4 Å². The van der Waals surface area contributed by atoms with Gasteiger partial charge >= 0.3 is 0 Å². The Bertz CT molecular complexity index is 1010. The smallest absolute Gasteiger partial charge is 0.251 e. The summed E-state index contributed by atoms with van der Waals surface area (Å²) in [4.78, 5) is 54.0. The minimum atomic E-state index is -1.05. The third-order valence-corrected chi connectivity index (χ3v) is 5.65. The molecule has 1 fully saturated rings. The van der Waals surface area contributed by atoms with E-state index in [9.17, 15) is 19.2 Å². The molecule has 8 heteroatoms. The number of benzene rings is 1. The van der Waals surface area contributed by atoms with E-state index in [1.54, 1.807) is 43.3 Å². The molecule has 1 aromatic heterocycles. The molecule has 148 valence electrons. The fourth-order valence-electron chi connectivity index (χ4n) is 4.01. The number of para-hydroxylation sites is 1. The molecule has 3 amide bonds. The molecule has 29 heavy (non-hydrogen) atoms. The van der Waals surface area contributed by atoms with E-state index < -0.39 is 17.3 Å². The van der Waals surface area contributed by atoms with Crippen molar-refractivity contribution in [2.45, 2.75) is 6.92 Å². The Morgan fingerprint density at radius 1 is 1.07 bits per heavy atom. The molecule has 2 aromatic rings. The zero-order valence-electron chi connectivity index (χ0n) is 15.8. The average Bonchev–Trinajstić information content (AvgIpc) is 3.39. The van der Waals surface area contributed by atoms with Crippen LogP contribution in [-0.2, 0) is 9.59 Å². The molecular formula is C21H20N4O4. The number of rotatable bonds is 5. The first-order chi connectivity index (χ1) is 13.9. The summed E-state index contributed by atoms with van der Waals surface area (Å²) in [7, 11) is 0. The quantitative estimate of drug-likeness (QED) is 0.657. The van der Waals surface area contributed by atoms with Crippen LogP contribution in [0.25, 0.3) is 0 Å². The number of Topliss-reactive ketones (excluding diaryl/α,β-unsaturated/α-hetero) is 1. The van der Waals surface area contributed by atoms with Crippen LogP contribution in [0.1, 0.15) is 27.6 Å². The van der Waals surface area contributed by atoms with Crippen molar-refractivity contribution in [3.05, 3.63) is 59.9 Å². The summed E-state index contributed by atoms with van der Waals surface area (Å²) in [6, 6.07) is 10.0. The highest BCUT2D eigenvalue weighted by Gasteiger charge is 2.73. The second kappa shape index (κ2) is 7.12. The first-order valence-corrected chi connectivity index (χ1v) is 9.35. The van der Waals surface area contributed by atoms with Gasteiger partial charge < -0.3 is 16.0 Å². The van der Waals surface area contributed by atoms with Gasteiger partial charge in [0.2, 0.25) is 11.8 Å². The Hall–Kier alpha value is -3.55. The monoisotopic (exact) mass is 392 g/mol. The standard InChI is InChI=1S/C21H20N4O4/c1-21-15(16(21)20(29)25-14-5-3-2-4-13(14)17(21)26)19(28)24-11-10-23-18(27)12-6-8-22-9-7-12/h2-9,15-16H,10-11H2,1H3,(H,23,27)(H,24,28)(H,25,29)/t15-,16+,21+/m0/s1. The van der Waals surface area contributed by atoms with Gasteiger partial charge in [0.25, 0.3) is 5.91 Å². The molecule has 0 radical (unpaired) electrons. The Morgan fingerprint density at radius 2 is 1.76 bits per heavy atom. The van der Waals surface area contributed by atoms with Gasteiger partial charge in [-0.3, -0.25) is 24.2 Å². The van der Waals surface area contributed by atoms with E-state index in [4.69, 9.17) is 0 Å². The van der Waals surface area contributed by atoms with E-state index in [-0.39, 0.29) is 36.6 Å². The summed E-state index contributed by atoms with van der Waals surface area (Å²) in [5, 5.41) is 8.17. The van der Waals surface area contributed by atoms with Crippen molar-refractivity contribution >= 4 is 29.2 Å². The maximum atomic E-state index is 13.0. The first kappa shape index (κ1) is 18.8. The van der Waals surface area contributed by atoms with Crippen molar-refractivity contribution in [2.24, 2.45) is 17.3 Å². The molecule has 4 rings (SSSR count). The number of nitrogens with zero attached hydrogens (tertiary/aromatic N) is 1. The number of ketones is 1. The molecule has 1 aromatic carbocycles. The van der Waals surface area contributed by atoms with Gasteiger partial charge in [0.15, 0.2) is 5.78 Å².